The van der Waals surface area contributed by atoms with Crippen LogP contribution in [0, 0.1) is 0 Å². The van der Waals surface area contributed by atoms with Gasteiger partial charge in [0.2, 0.25) is 0 Å². The van der Waals surface area contributed by atoms with Crippen molar-refractivity contribution in [2.24, 2.45) is 0 Å². The summed E-state index contributed by atoms with van der Waals surface area (Å²) in [5.41, 5.74) is 0.950. The van der Waals surface area contributed by atoms with Crippen molar-refractivity contribution in [2.45, 2.75) is 13.0 Å². The molecule has 0 saturated carbocycles. The standard InChI is InChI=1S/C12H11ClN2O2S/c1-7(8-4-2-3-5-9(8)13)15-12-14-6-10(18-12)11(16)17/h2-7H,1H3,(H,14,15)(H,16,17). The molecule has 0 spiro atoms. The van der Waals surface area contributed by atoms with Crippen molar-refractivity contribution in [1.82, 2.24) is 4.98 Å². The molecule has 1 aromatic heterocycles. The van der Waals surface area contributed by atoms with Crippen LogP contribution < -0.4 is 5.32 Å². The Morgan fingerprint density at radius 3 is 2.83 bits per heavy atom. The number of nitrogens with zero attached hydrogens (tertiary/aromatic N) is 1. The van der Waals surface area contributed by atoms with Crippen molar-refractivity contribution < 1.29 is 9.90 Å². The smallest absolute Gasteiger partial charge is 0.347 e. The molecule has 0 saturated heterocycles. The summed E-state index contributed by atoms with van der Waals surface area (Å²) in [7, 11) is 0. The van der Waals surface area contributed by atoms with Gasteiger partial charge in [0.1, 0.15) is 4.88 Å². The Hall–Kier alpha value is -1.59. The minimum absolute atomic E-state index is 0.0357. The fourth-order valence-corrected chi connectivity index (χ4v) is 2.57. The van der Waals surface area contributed by atoms with Gasteiger partial charge in [-0.25, -0.2) is 9.78 Å². The summed E-state index contributed by atoms with van der Waals surface area (Å²) >= 11 is 7.19. The van der Waals surface area contributed by atoms with E-state index in [9.17, 15) is 4.79 Å². The van der Waals surface area contributed by atoms with E-state index in [0.717, 1.165) is 16.9 Å². The van der Waals surface area contributed by atoms with Crippen LogP contribution >= 0.6 is 22.9 Å². The van der Waals surface area contributed by atoms with Crippen LogP contribution in [0.1, 0.15) is 28.2 Å². The van der Waals surface area contributed by atoms with Crippen LogP contribution in [0.25, 0.3) is 0 Å². The van der Waals surface area contributed by atoms with Crippen LogP contribution in [0.4, 0.5) is 5.13 Å². The molecule has 0 bridgehead atoms. The molecule has 1 atom stereocenters. The van der Waals surface area contributed by atoms with Gasteiger partial charge < -0.3 is 10.4 Å². The summed E-state index contributed by atoms with van der Waals surface area (Å²) < 4.78 is 0. The normalized spacial score (nSPS) is 12.1. The first-order valence-corrected chi connectivity index (χ1v) is 6.47. The molecule has 4 nitrogen and oxygen atoms in total. The van der Waals surface area contributed by atoms with E-state index in [1.54, 1.807) is 0 Å². The average molecular weight is 283 g/mol. The van der Waals surface area contributed by atoms with Crippen LogP contribution in [0.5, 0.6) is 0 Å². The minimum Gasteiger partial charge on any atom is -0.477 e. The van der Waals surface area contributed by atoms with E-state index in [-0.39, 0.29) is 10.9 Å². The van der Waals surface area contributed by atoms with Crippen LogP contribution in [-0.2, 0) is 0 Å². The number of carbonyl (C=O) groups is 1. The minimum atomic E-state index is -0.967. The second-order valence-electron chi connectivity index (χ2n) is 3.72. The van der Waals surface area contributed by atoms with Gasteiger partial charge in [-0.15, -0.1) is 0 Å². The Morgan fingerprint density at radius 2 is 2.22 bits per heavy atom. The number of carboxylic acid groups (broad SMARTS) is 1. The number of nitrogens with one attached hydrogen (secondary N) is 1. The molecule has 0 aliphatic rings. The lowest BCUT2D eigenvalue weighted by atomic mass is 10.1. The van der Waals surface area contributed by atoms with Crippen molar-refractivity contribution in [1.29, 1.82) is 0 Å². The summed E-state index contributed by atoms with van der Waals surface area (Å²) in [6, 6.07) is 7.48. The zero-order valence-electron chi connectivity index (χ0n) is 9.55. The Morgan fingerprint density at radius 1 is 1.50 bits per heavy atom. The van der Waals surface area contributed by atoms with Gasteiger partial charge >= 0.3 is 5.97 Å². The molecule has 2 rings (SSSR count). The van der Waals surface area contributed by atoms with Crippen molar-refractivity contribution in [3.63, 3.8) is 0 Å². The van der Waals surface area contributed by atoms with E-state index in [4.69, 9.17) is 16.7 Å². The highest BCUT2D eigenvalue weighted by Gasteiger charge is 2.13. The van der Waals surface area contributed by atoms with Crippen molar-refractivity contribution >= 4 is 34.0 Å². The lowest BCUT2D eigenvalue weighted by Crippen LogP contribution is -2.06. The number of benzene rings is 1. The molecule has 2 aromatic rings. The molecule has 1 aromatic carbocycles. The van der Waals surface area contributed by atoms with Gasteiger partial charge in [-0.2, -0.15) is 0 Å². The summed E-state index contributed by atoms with van der Waals surface area (Å²) in [5.74, 6) is -0.967. The topological polar surface area (TPSA) is 62.2 Å². The fourth-order valence-electron chi connectivity index (χ4n) is 1.53. The van der Waals surface area contributed by atoms with Crippen molar-refractivity contribution in [2.75, 3.05) is 5.32 Å². The highest BCUT2D eigenvalue weighted by atomic mass is 35.5. The maximum Gasteiger partial charge on any atom is 0.347 e. The Kier molecular flexibility index (Phi) is 3.84. The maximum atomic E-state index is 10.7. The monoisotopic (exact) mass is 282 g/mol. The van der Waals surface area contributed by atoms with Gasteiger partial charge in [0, 0.05) is 5.02 Å². The average Bonchev–Trinajstić information content (AvgIpc) is 2.78. The van der Waals surface area contributed by atoms with Crippen LogP contribution in [0.2, 0.25) is 5.02 Å². The molecule has 1 unspecified atom stereocenters. The molecular weight excluding hydrogens is 272 g/mol. The fraction of sp³-hybridized carbons (Fsp3) is 0.167. The molecular formula is C12H11ClN2O2S. The SMILES string of the molecule is CC(Nc1ncc(C(=O)O)s1)c1ccccc1Cl. The maximum absolute atomic E-state index is 10.7. The largest absolute Gasteiger partial charge is 0.477 e. The van der Waals surface area contributed by atoms with E-state index in [2.05, 4.69) is 10.3 Å². The first-order valence-electron chi connectivity index (χ1n) is 5.28. The molecule has 0 aliphatic carbocycles. The predicted octanol–water partition coefficient (Wildman–Crippen LogP) is 3.67. The van der Waals surface area contributed by atoms with Crippen LogP contribution in [0.3, 0.4) is 0 Å². The molecule has 1 heterocycles. The third kappa shape index (κ3) is 2.80. The molecule has 0 fully saturated rings. The molecule has 0 aliphatic heterocycles. The van der Waals surface area contributed by atoms with Crippen molar-refractivity contribution in [3.8, 4) is 0 Å². The predicted molar refractivity (Wildman–Crippen MR) is 72.6 cm³/mol. The number of halogens is 1. The summed E-state index contributed by atoms with van der Waals surface area (Å²) in [6.45, 7) is 1.95. The Bertz CT molecular complexity index is 571. The number of aromatic carboxylic acids is 1. The summed E-state index contributed by atoms with van der Waals surface area (Å²) in [4.78, 5) is 15.0. The van der Waals surface area contributed by atoms with Crippen LogP contribution in [-0.4, -0.2) is 16.1 Å². The molecule has 18 heavy (non-hydrogen) atoms. The number of aromatic nitrogens is 1. The third-order valence-electron chi connectivity index (χ3n) is 2.43. The van der Waals surface area contributed by atoms with Gasteiger partial charge in [-0.3, -0.25) is 0 Å². The highest BCUT2D eigenvalue weighted by molar-refractivity contribution is 7.17. The third-order valence-corrected chi connectivity index (χ3v) is 3.69. The quantitative estimate of drug-likeness (QED) is 0.898. The van der Waals surface area contributed by atoms with Crippen LogP contribution in [0.15, 0.2) is 30.5 Å². The molecule has 6 heteroatoms. The summed E-state index contributed by atoms with van der Waals surface area (Å²) in [6.07, 6.45) is 1.34. The van der Waals surface area contributed by atoms with E-state index >= 15 is 0 Å². The number of hydrogen-bond donors (Lipinski definition) is 2. The lowest BCUT2D eigenvalue weighted by Gasteiger charge is -2.14. The van der Waals surface area contributed by atoms with E-state index < -0.39 is 5.97 Å². The van der Waals surface area contributed by atoms with E-state index in [1.165, 1.54) is 6.20 Å². The number of rotatable bonds is 4. The first-order chi connectivity index (χ1) is 8.58. The number of anilines is 1. The number of thiazole rings is 1. The Labute approximate surface area is 113 Å². The molecule has 0 amide bonds. The highest BCUT2D eigenvalue weighted by Crippen LogP contribution is 2.27. The van der Waals surface area contributed by atoms with E-state index in [1.807, 2.05) is 31.2 Å². The van der Waals surface area contributed by atoms with Crippen molar-refractivity contribution in [3.05, 3.63) is 45.9 Å². The summed E-state index contributed by atoms with van der Waals surface area (Å²) in [5, 5.41) is 13.2. The molecule has 2 N–H and O–H groups in total. The second kappa shape index (κ2) is 5.37. The zero-order chi connectivity index (χ0) is 13.1. The van der Waals surface area contributed by atoms with Gasteiger partial charge in [-0.05, 0) is 18.6 Å². The first kappa shape index (κ1) is 12.9. The lowest BCUT2D eigenvalue weighted by molar-refractivity contribution is 0.0702. The van der Waals surface area contributed by atoms with Gasteiger partial charge in [0.25, 0.3) is 0 Å². The van der Waals surface area contributed by atoms with Gasteiger partial charge in [0.15, 0.2) is 5.13 Å². The second-order valence-corrected chi connectivity index (χ2v) is 5.16. The molecule has 0 radical (unpaired) electrons. The Balaban J connectivity index is 2.13. The number of hydrogen-bond acceptors (Lipinski definition) is 4. The van der Waals surface area contributed by atoms with E-state index in [0.29, 0.717) is 10.2 Å². The van der Waals surface area contributed by atoms with Gasteiger partial charge in [0.05, 0.1) is 12.2 Å². The molecule has 94 valence electrons. The number of carboxylic acids is 1. The zero-order valence-corrected chi connectivity index (χ0v) is 11.1. The van der Waals surface area contributed by atoms with Gasteiger partial charge in [-0.1, -0.05) is 41.1 Å².